The Balaban J connectivity index is 2.48. The van der Waals surface area contributed by atoms with Crippen molar-refractivity contribution in [1.82, 2.24) is 5.43 Å². The van der Waals surface area contributed by atoms with Crippen molar-refractivity contribution >= 4 is 27.3 Å². The summed E-state index contributed by atoms with van der Waals surface area (Å²) in [5.74, 6) is -0.509. The van der Waals surface area contributed by atoms with Crippen LogP contribution in [0.2, 0.25) is 0 Å². The molecule has 2 aromatic carbocycles. The normalized spacial score (nSPS) is 10.9. The summed E-state index contributed by atoms with van der Waals surface area (Å²) in [5.41, 5.74) is 5.32. The highest BCUT2D eigenvalue weighted by Crippen LogP contribution is 2.25. The molecule has 0 aliphatic heterocycles. The lowest BCUT2D eigenvalue weighted by Gasteiger charge is -2.24. The van der Waals surface area contributed by atoms with Gasteiger partial charge in [0, 0.05) is 5.71 Å². The van der Waals surface area contributed by atoms with Crippen molar-refractivity contribution in [2.75, 3.05) is 10.8 Å². The first-order chi connectivity index (χ1) is 12.2. The van der Waals surface area contributed by atoms with Gasteiger partial charge in [-0.15, -0.1) is 0 Å². The summed E-state index contributed by atoms with van der Waals surface area (Å²) in [6.45, 7) is 6.88. The molecular formula is C19H23N3O3S. The second-order valence-electron chi connectivity index (χ2n) is 6.26. The van der Waals surface area contributed by atoms with Crippen molar-refractivity contribution in [2.45, 2.75) is 32.6 Å². The van der Waals surface area contributed by atoms with E-state index in [1.165, 1.54) is 12.1 Å². The van der Waals surface area contributed by atoms with Crippen LogP contribution in [0.1, 0.15) is 25.0 Å². The third-order valence-electron chi connectivity index (χ3n) is 3.52. The van der Waals surface area contributed by atoms with Crippen molar-refractivity contribution in [3.63, 3.8) is 0 Å². The van der Waals surface area contributed by atoms with E-state index in [0.29, 0.717) is 11.4 Å². The number of hydrogen-bond acceptors (Lipinski definition) is 4. The van der Waals surface area contributed by atoms with Crippen molar-refractivity contribution in [3.05, 3.63) is 59.7 Å². The first-order valence-corrected chi connectivity index (χ1v) is 9.60. The van der Waals surface area contributed by atoms with Gasteiger partial charge in [0.05, 0.1) is 10.6 Å². The molecule has 2 aromatic rings. The smallest absolute Gasteiger partial charge is 0.264 e. The van der Waals surface area contributed by atoms with Crippen LogP contribution in [-0.4, -0.2) is 26.6 Å². The maximum absolute atomic E-state index is 13.1. The molecule has 0 spiro atoms. The molecule has 0 aliphatic rings. The Kier molecular flexibility index (Phi) is 6.15. The van der Waals surface area contributed by atoms with Crippen molar-refractivity contribution < 1.29 is 13.2 Å². The van der Waals surface area contributed by atoms with Crippen LogP contribution in [0.3, 0.4) is 0 Å². The Hall–Kier alpha value is -2.67. The first-order valence-electron chi connectivity index (χ1n) is 8.16. The van der Waals surface area contributed by atoms with E-state index in [4.69, 9.17) is 0 Å². The molecule has 0 radical (unpaired) electrons. The van der Waals surface area contributed by atoms with Gasteiger partial charge in [0.25, 0.3) is 15.9 Å². The Bertz CT molecular complexity index is 898. The van der Waals surface area contributed by atoms with E-state index in [1.807, 2.05) is 19.9 Å². The SMILES string of the molecule is CC(C)=NNC(=O)CN(c1cc(C)cc(C)c1)S(=O)(=O)c1ccccc1. The van der Waals surface area contributed by atoms with Gasteiger partial charge in [-0.3, -0.25) is 9.10 Å². The number of benzene rings is 2. The Labute approximate surface area is 154 Å². The lowest BCUT2D eigenvalue weighted by atomic mass is 10.1. The number of rotatable bonds is 6. The van der Waals surface area contributed by atoms with E-state index in [0.717, 1.165) is 15.4 Å². The number of amides is 1. The second-order valence-corrected chi connectivity index (χ2v) is 8.13. The van der Waals surface area contributed by atoms with Crippen LogP contribution in [0.15, 0.2) is 58.5 Å². The average molecular weight is 373 g/mol. The van der Waals surface area contributed by atoms with Gasteiger partial charge in [0.2, 0.25) is 0 Å². The molecule has 6 nitrogen and oxygen atoms in total. The fraction of sp³-hybridized carbons (Fsp3) is 0.263. The van der Waals surface area contributed by atoms with Crippen LogP contribution in [-0.2, 0) is 14.8 Å². The number of anilines is 1. The average Bonchev–Trinajstić information content (AvgIpc) is 2.57. The number of hydrogen-bond donors (Lipinski definition) is 1. The van der Waals surface area contributed by atoms with Crippen molar-refractivity contribution in [3.8, 4) is 0 Å². The number of nitrogens with one attached hydrogen (secondary N) is 1. The first kappa shape index (κ1) is 19.7. The van der Waals surface area contributed by atoms with Gasteiger partial charge in [-0.1, -0.05) is 24.3 Å². The minimum absolute atomic E-state index is 0.127. The molecule has 1 N–H and O–H groups in total. The van der Waals surface area contributed by atoms with Gasteiger partial charge >= 0.3 is 0 Å². The number of sulfonamides is 1. The monoisotopic (exact) mass is 373 g/mol. The minimum Gasteiger partial charge on any atom is -0.271 e. The van der Waals surface area contributed by atoms with Crippen LogP contribution in [0.4, 0.5) is 5.69 Å². The number of aryl methyl sites for hydroxylation is 2. The van der Waals surface area contributed by atoms with Crippen LogP contribution in [0.25, 0.3) is 0 Å². The standard InChI is InChI=1S/C19H23N3O3S/c1-14(2)20-21-19(23)13-22(17-11-15(3)10-16(4)12-17)26(24,25)18-8-6-5-7-9-18/h5-12H,13H2,1-4H3,(H,21,23). The molecule has 26 heavy (non-hydrogen) atoms. The highest BCUT2D eigenvalue weighted by Gasteiger charge is 2.27. The Morgan fingerprint density at radius 1 is 1.04 bits per heavy atom. The number of carbonyl (C=O) groups is 1. The number of hydrazone groups is 1. The summed E-state index contributed by atoms with van der Waals surface area (Å²) >= 11 is 0. The largest absolute Gasteiger partial charge is 0.271 e. The van der Waals surface area contributed by atoms with Gasteiger partial charge < -0.3 is 0 Å². The Morgan fingerprint density at radius 2 is 1.62 bits per heavy atom. The molecular weight excluding hydrogens is 350 g/mol. The summed E-state index contributed by atoms with van der Waals surface area (Å²) in [6.07, 6.45) is 0. The van der Waals surface area contributed by atoms with E-state index >= 15 is 0 Å². The van der Waals surface area contributed by atoms with Gasteiger partial charge in [0.15, 0.2) is 0 Å². The molecule has 7 heteroatoms. The minimum atomic E-state index is -3.90. The molecule has 0 saturated carbocycles. The van der Waals surface area contributed by atoms with E-state index in [9.17, 15) is 13.2 Å². The summed E-state index contributed by atoms with van der Waals surface area (Å²) < 4.78 is 27.4. The quantitative estimate of drug-likeness (QED) is 0.624. The summed E-state index contributed by atoms with van der Waals surface area (Å²) in [6, 6.07) is 13.5. The zero-order chi connectivity index (χ0) is 19.3. The summed E-state index contributed by atoms with van der Waals surface area (Å²) in [7, 11) is -3.90. The highest BCUT2D eigenvalue weighted by molar-refractivity contribution is 7.92. The molecule has 1 amide bonds. The zero-order valence-corrected chi connectivity index (χ0v) is 16.2. The lowest BCUT2D eigenvalue weighted by Crippen LogP contribution is -2.39. The van der Waals surface area contributed by atoms with Crippen LogP contribution in [0.5, 0.6) is 0 Å². The predicted octanol–water partition coefficient (Wildman–Crippen LogP) is 3.01. The van der Waals surface area contributed by atoms with Gasteiger partial charge in [-0.25, -0.2) is 13.8 Å². The fourth-order valence-corrected chi connectivity index (χ4v) is 3.90. The third kappa shape index (κ3) is 4.92. The van der Waals surface area contributed by atoms with E-state index < -0.39 is 15.9 Å². The highest BCUT2D eigenvalue weighted by atomic mass is 32.2. The van der Waals surface area contributed by atoms with E-state index in [2.05, 4.69) is 10.5 Å². The van der Waals surface area contributed by atoms with Crippen LogP contribution < -0.4 is 9.73 Å². The molecule has 0 unspecified atom stereocenters. The molecule has 0 atom stereocenters. The molecule has 0 fully saturated rings. The van der Waals surface area contributed by atoms with Crippen LogP contribution >= 0.6 is 0 Å². The molecule has 138 valence electrons. The zero-order valence-electron chi connectivity index (χ0n) is 15.4. The topological polar surface area (TPSA) is 78.8 Å². The predicted molar refractivity (Wildman–Crippen MR) is 104 cm³/mol. The molecule has 0 heterocycles. The molecule has 0 bridgehead atoms. The summed E-state index contributed by atoms with van der Waals surface area (Å²) in [5, 5.41) is 3.86. The van der Waals surface area contributed by atoms with Gasteiger partial charge in [-0.2, -0.15) is 5.10 Å². The number of carbonyl (C=O) groups excluding carboxylic acids is 1. The lowest BCUT2D eigenvalue weighted by molar-refractivity contribution is -0.119. The van der Waals surface area contributed by atoms with Gasteiger partial charge in [0.1, 0.15) is 6.54 Å². The fourth-order valence-electron chi connectivity index (χ4n) is 2.47. The molecule has 2 rings (SSSR count). The van der Waals surface area contributed by atoms with E-state index in [-0.39, 0.29) is 11.4 Å². The maximum Gasteiger partial charge on any atom is 0.264 e. The molecule has 0 aromatic heterocycles. The van der Waals surface area contributed by atoms with E-state index in [1.54, 1.807) is 44.2 Å². The summed E-state index contributed by atoms with van der Waals surface area (Å²) in [4.78, 5) is 12.4. The van der Waals surface area contributed by atoms with Crippen LogP contribution in [0, 0.1) is 13.8 Å². The maximum atomic E-state index is 13.1. The Morgan fingerprint density at radius 3 is 2.15 bits per heavy atom. The number of nitrogens with zero attached hydrogens (tertiary/aromatic N) is 2. The van der Waals surface area contributed by atoms with Gasteiger partial charge in [-0.05, 0) is 63.1 Å². The molecule has 0 saturated heterocycles. The van der Waals surface area contributed by atoms with Crippen molar-refractivity contribution in [1.29, 1.82) is 0 Å². The third-order valence-corrected chi connectivity index (χ3v) is 5.31. The van der Waals surface area contributed by atoms with Crippen molar-refractivity contribution in [2.24, 2.45) is 5.10 Å². The molecule has 0 aliphatic carbocycles. The second kappa shape index (κ2) is 8.14.